The number of aromatic nitrogens is 2. The van der Waals surface area contributed by atoms with Crippen LogP contribution >= 0.6 is 0 Å². The molecule has 0 saturated heterocycles. The number of carbonyl (C=O) groups is 2. The molecule has 3 rings (SSSR count). The molecular weight excluding hydrogens is 282 g/mol. The number of aryl methyl sites for hydroxylation is 1. The molecule has 0 radical (unpaired) electrons. The second-order valence-electron chi connectivity index (χ2n) is 4.85. The molecule has 0 spiro atoms. The summed E-state index contributed by atoms with van der Waals surface area (Å²) in [5.41, 5.74) is 0.383. The lowest BCUT2D eigenvalue weighted by atomic mass is 10.1. The molecule has 3 aromatic rings. The maximum absolute atomic E-state index is 12.3. The molecule has 1 heterocycles. The molecule has 6 heteroatoms. The minimum absolute atomic E-state index is 0.108. The SMILES string of the molecule is Cn1cc(C(=O)O)c(C(=O)Nc2cccc3ccccc23)n1. The van der Waals surface area contributed by atoms with Crippen molar-refractivity contribution in [3.8, 4) is 0 Å². The molecule has 0 unspecified atom stereocenters. The zero-order chi connectivity index (χ0) is 15.7. The van der Waals surface area contributed by atoms with Gasteiger partial charge in [-0.3, -0.25) is 9.48 Å². The number of nitrogens with zero attached hydrogens (tertiary/aromatic N) is 2. The molecule has 0 fully saturated rings. The number of benzene rings is 2. The standard InChI is InChI=1S/C16H13N3O3/c1-19-9-12(16(21)22)14(18-19)15(20)17-13-8-4-6-10-5-2-3-7-11(10)13/h2-9H,1H3,(H,17,20)(H,21,22). The Kier molecular flexibility index (Phi) is 3.34. The van der Waals surface area contributed by atoms with Crippen molar-refractivity contribution < 1.29 is 14.7 Å². The van der Waals surface area contributed by atoms with Crippen molar-refractivity contribution in [2.45, 2.75) is 0 Å². The van der Waals surface area contributed by atoms with Gasteiger partial charge in [0, 0.05) is 24.3 Å². The molecule has 0 bridgehead atoms. The number of hydrogen-bond acceptors (Lipinski definition) is 3. The van der Waals surface area contributed by atoms with Crippen LogP contribution in [0.3, 0.4) is 0 Å². The van der Waals surface area contributed by atoms with Gasteiger partial charge in [0.1, 0.15) is 5.56 Å². The molecule has 6 nitrogen and oxygen atoms in total. The van der Waals surface area contributed by atoms with Crippen LogP contribution in [-0.4, -0.2) is 26.8 Å². The number of carboxylic acid groups (broad SMARTS) is 1. The van der Waals surface area contributed by atoms with Crippen molar-refractivity contribution in [3.63, 3.8) is 0 Å². The van der Waals surface area contributed by atoms with Crippen LogP contribution in [0.4, 0.5) is 5.69 Å². The Balaban J connectivity index is 1.99. The summed E-state index contributed by atoms with van der Waals surface area (Å²) in [6.45, 7) is 0. The molecule has 2 N–H and O–H groups in total. The van der Waals surface area contributed by atoms with Crippen LogP contribution in [0, 0.1) is 0 Å². The Morgan fingerprint density at radius 3 is 2.64 bits per heavy atom. The van der Waals surface area contributed by atoms with E-state index in [1.807, 2.05) is 36.4 Å². The molecule has 2 aromatic carbocycles. The van der Waals surface area contributed by atoms with E-state index in [0.29, 0.717) is 5.69 Å². The van der Waals surface area contributed by atoms with Crippen LogP contribution < -0.4 is 5.32 Å². The van der Waals surface area contributed by atoms with Gasteiger partial charge in [-0.2, -0.15) is 5.10 Å². The van der Waals surface area contributed by atoms with Crippen molar-refractivity contribution in [3.05, 3.63) is 59.9 Å². The van der Waals surface area contributed by atoms with E-state index in [9.17, 15) is 9.59 Å². The number of hydrogen-bond donors (Lipinski definition) is 2. The van der Waals surface area contributed by atoms with Gasteiger partial charge >= 0.3 is 5.97 Å². The summed E-state index contributed by atoms with van der Waals surface area (Å²) in [6.07, 6.45) is 1.31. The highest BCUT2D eigenvalue weighted by atomic mass is 16.4. The number of anilines is 1. The molecule has 1 amide bonds. The number of carboxylic acids is 1. The van der Waals surface area contributed by atoms with Gasteiger partial charge in [0.15, 0.2) is 5.69 Å². The van der Waals surface area contributed by atoms with Crippen molar-refractivity contribution in [2.75, 3.05) is 5.32 Å². The average molecular weight is 295 g/mol. The van der Waals surface area contributed by atoms with E-state index < -0.39 is 11.9 Å². The number of fused-ring (bicyclic) bond motifs is 1. The van der Waals surface area contributed by atoms with Gasteiger partial charge in [-0.15, -0.1) is 0 Å². The van der Waals surface area contributed by atoms with Gasteiger partial charge < -0.3 is 10.4 Å². The molecule has 0 saturated carbocycles. The van der Waals surface area contributed by atoms with E-state index in [2.05, 4.69) is 10.4 Å². The minimum atomic E-state index is -1.18. The van der Waals surface area contributed by atoms with Crippen LogP contribution in [0.15, 0.2) is 48.7 Å². The Bertz CT molecular complexity index is 878. The predicted octanol–water partition coefficient (Wildman–Crippen LogP) is 2.52. The molecule has 0 aliphatic rings. The van der Waals surface area contributed by atoms with E-state index in [-0.39, 0.29) is 11.3 Å². The Morgan fingerprint density at radius 1 is 1.14 bits per heavy atom. The quantitative estimate of drug-likeness (QED) is 0.777. The summed E-state index contributed by atoms with van der Waals surface area (Å²) >= 11 is 0. The molecule has 1 aromatic heterocycles. The van der Waals surface area contributed by atoms with Crippen LogP contribution in [0.5, 0.6) is 0 Å². The van der Waals surface area contributed by atoms with Crippen LogP contribution in [0.2, 0.25) is 0 Å². The number of rotatable bonds is 3. The average Bonchev–Trinajstić information content (AvgIpc) is 2.90. The third-order valence-corrected chi connectivity index (χ3v) is 3.31. The number of amides is 1. The highest BCUT2D eigenvalue weighted by molar-refractivity contribution is 6.12. The summed E-state index contributed by atoms with van der Waals surface area (Å²) in [5.74, 6) is -1.73. The van der Waals surface area contributed by atoms with E-state index >= 15 is 0 Å². The van der Waals surface area contributed by atoms with Crippen LogP contribution in [0.25, 0.3) is 10.8 Å². The van der Waals surface area contributed by atoms with Gasteiger partial charge in [0.2, 0.25) is 0 Å². The van der Waals surface area contributed by atoms with E-state index in [4.69, 9.17) is 5.11 Å². The highest BCUT2D eigenvalue weighted by Gasteiger charge is 2.21. The van der Waals surface area contributed by atoms with Gasteiger partial charge in [0.25, 0.3) is 5.91 Å². The van der Waals surface area contributed by atoms with Crippen LogP contribution in [-0.2, 0) is 7.05 Å². The summed E-state index contributed by atoms with van der Waals surface area (Å²) in [7, 11) is 1.57. The van der Waals surface area contributed by atoms with Gasteiger partial charge in [-0.1, -0.05) is 36.4 Å². The summed E-state index contributed by atoms with van der Waals surface area (Å²) in [6, 6.07) is 13.2. The third-order valence-electron chi connectivity index (χ3n) is 3.31. The van der Waals surface area contributed by atoms with Crippen molar-refractivity contribution in [2.24, 2.45) is 7.05 Å². The number of carbonyl (C=O) groups excluding carboxylic acids is 1. The highest BCUT2D eigenvalue weighted by Crippen LogP contribution is 2.23. The minimum Gasteiger partial charge on any atom is -0.478 e. The summed E-state index contributed by atoms with van der Waals surface area (Å²) in [4.78, 5) is 23.5. The molecule has 0 aliphatic heterocycles. The Hall–Kier alpha value is -3.15. The molecule has 0 atom stereocenters. The predicted molar refractivity (Wildman–Crippen MR) is 82.1 cm³/mol. The van der Waals surface area contributed by atoms with E-state index in [0.717, 1.165) is 10.8 Å². The van der Waals surface area contributed by atoms with E-state index in [1.165, 1.54) is 10.9 Å². The Labute approximate surface area is 126 Å². The molecule has 0 aliphatic carbocycles. The van der Waals surface area contributed by atoms with Gasteiger partial charge in [-0.05, 0) is 11.5 Å². The normalized spacial score (nSPS) is 10.6. The monoisotopic (exact) mass is 295 g/mol. The van der Waals surface area contributed by atoms with Gasteiger partial charge in [-0.25, -0.2) is 4.79 Å². The first-order valence-electron chi connectivity index (χ1n) is 6.62. The lowest BCUT2D eigenvalue weighted by molar-refractivity contribution is 0.0692. The van der Waals surface area contributed by atoms with Crippen LogP contribution in [0.1, 0.15) is 20.8 Å². The Morgan fingerprint density at radius 2 is 1.86 bits per heavy atom. The fraction of sp³-hybridized carbons (Fsp3) is 0.0625. The van der Waals surface area contributed by atoms with E-state index in [1.54, 1.807) is 13.1 Å². The fourth-order valence-corrected chi connectivity index (χ4v) is 2.33. The third kappa shape index (κ3) is 2.42. The lowest BCUT2D eigenvalue weighted by Gasteiger charge is -2.07. The lowest BCUT2D eigenvalue weighted by Crippen LogP contribution is -2.16. The topological polar surface area (TPSA) is 84.2 Å². The van der Waals surface area contributed by atoms with Crippen molar-refractivity contribution in [1.82, 2.24) is 9.78 Å². The first-order chi connectivity index (χ1) is 10.6. The zero-order valence-electron chi connectivity index (χ0n) is 11.8. The largest absolute Gasteiger partial charge is 0.478 e. The second-order valence-corrected chi connectivity index (χ2v) is 4.85. The summed E-state index contributed by atoms with van der Waals surface area (Å²) < 4.78 is 1.31. The zero-order valence-corrected chi connectivity index (χ0v) is 11.8. The fourth-order valence-electron chi connectivity index (χ4n) is 2.33. The number of aromatic carboxylic acids is 1. The first kappa shape index (κ1) is 13.8. The van der Waals surface area contributed by atoms with Crippen molar-refractivity contribution in [1.29, 1.82) is 0 Å². The molecule has 110 valence electrons. The van der Waals surface area contributed by atoms with Crippen molar-refractivity contribution >= 4 is 28.3 Å². The summed E-state index contributed by atoms with van der Waals surface area (Å²) in [5, 5.41) is 17.7. The van der Waals surface area contributed by atoms with Gasteiger partial charge in [0.05, 0.1) is 0 Å². The molecular formula is C16H13N3O3. The maximum Gasteiger partial charge on any atom is 0.339 e. The first-order valence-corrected chi connectivity index (χ1v) is 6.62. The smallest absolute Gasteiger partial charge is 0.339 e. The number of nitrogens with one attached hydrogen (secondary N) is 1. The maximum atomic E-state index is 12.3. The second kappa shape index (κ2) is 5.33. The molecule has 22 heavy (non-hydrogen) atoms.